The summed E-state index contributed by atoms with van der Waals surface area (Å²) in [6, 6.07) is 15.4. The lowest BCUT2D eigenvalue weighted by molar-refractivity contribution is -0.121. The number of carbonyl (C=O) groups excluding carboxylic acids is 1. The van der Waals surface area contributed by atoms with Crippen molar-refractivity contribution >= 4 is 29.7 Å². The molecule has 0 atom stereocenters. The smallest absolute Gasteiger partial charge is 0.221 e. The minimum atomic E-state index is -0.236. The molecule has 31 heavy (non-hydrogen) atoms. The van der Waals surface area contributed by atoms with Crippen LogP contribution in [0.3, 0.4) is 0 Å². The number of nitrogens with one attached hydrogen (secondary N) is 2. The first-order chi connectivity index (χ1) is 14.8. The zero-order valence-corrected chi connectivity index (χ0v) is 19.5. The molecule has 1 heterocycles. The van der Waals surface area contributed by atoms with Gasteiger partial charge >= 0.3 is 0 Å². The number of hydrogen-bond acceptors (Lipinski definition) is 4. The van der Waals surface area contributed by atoms with Crippen molar-refractivity contribution in [2.75, 3.05) is 13.2 Å². The van der Waals surface area contributed by atoms with E-state index >= 15 is 0 Å². The van der Waals surface area contributed by atoms with Crippen LogP contribution in [0.1, 0.15) is 32.8 Å². The van der Waals surface area contributed by atoms with Gasteiger partial charge < -0.3 is 10.1 Å². The fourth-order valence-electron chi connectivity index (χ4n) is 3.25. The van der Waals surface area contributed by atoms with Gasteiger partial charge in [0.2, 0.25) is 5.91 Å². The molecule has 6 nitrogen and oxygen atoms in total. The lowest BCUT2D eigenvalue weighted by Crippen LogP contribution is -2.37. The molecule has 0 aliphatic rings. The van der Waals surface area contributed by atoms with Crippen molar-refractivity contribution in [2.45, 2.75) is 39.2 Å². The number of rotatable bonds is 9. The molecule has 0 unspecified atom stereocenters. The molecule has 0 saturated carbocycles. The Morgan fingerprint density at radius 3 is 2.68 bits per heavy atom. The lowest BCUT2D eigenvalue weighted by atomic mass is 9.84. The summed E-state index contributed by atoms with van der Waals surface area (Å²) >= 11 is 11.5. The number of halogens is 1. The number of amides is 1. The van der Waals surface area contributed by atoms with E-state index in [1.165, 1.54) is 0 Å². The Morgan fingerprint density at radius 1 is 1.26 bits per heavy atom. The molecule has 1 amide bonds. The van der Waals surface area contributed by atoms with Crippen LogP contribution in [0, 0.1) is 4.77 Å². The number of hydrogen-bond donors (Lipinski definition) is 2. The second kappa shape index (κ2) is 10.1. The third-order valence-corrected chi connectivity index (χ3v) is 5.62. The molecule has 3 rings (SSSR count). The van der Waals surface area contributed by atoms with Crippen molar-refractivity contribution in [1.82, 2.24) is 20.1 Å². The Hall–Kier alpha value is -2.64. The zero-order valence-electron chi connectivity index (χ0n) is 17.9. The Balaban J connectivity index is 1.62. The summed E-state index contributed by atoms with van der Waals surface area (Å²) in [5, 5.41) is 10.9. The predicted molar refractivity (Wildman–Crippen MR) is 126 cm³/mol. The van der Waals surface area contributed by atoms with Gasteiger partial charge in [0.1, 0.15) is 5.75 Å². The second-order valence-electron chi connectivity index (χ2n) is 7.88. The number of carbonyl (C=O) groups is 1. The van der Waals surface area contributed by atoms with Gasteiger partial charge in [0.15, 0.2) is 10.6 Å². The van der Waals surface area contributed by atoms with Crippen LogP contribution in [0.15, 0.2) is 48.5 Å². The summed E-state index contributed by atoms with van der Waals surface area (Å²) in [4.78, 5) is 12.5. The Labute approximate surface area is 192 Å². The van der Waals surface area contributed by atoms with Gasteiger partial charge in [-0.25, -0.2) is 0 Å². The van der Waals surface area contributed by atoms with E-state index < -0.39 is 0 Å². The predicted octanol–water partition coefficient (Wildman–Crippen LogP) is 5.14. The summed E-state index contributed by atoms with van der Waals surface area (Å²) < 4.78 is 7.81. The molecule has 0 saturated heterocycles. The van der Waals surface area contributed by atoms with E-state index in [1.807, 2.05) is 60.0 Å². The van der Waals surface area contributed by atoms with Crippen LogP contribution in [0.4, 0.5) is 0 Å². The third kappa shape index (κ3) is 5.95. The van der Waals surface area contributed by atoms with E-state index in [2.05, 4.69) is 29.4 Å². The molecule has 2 aromatic carbocycles. The lowest BCUT2D eigenvalue weighted by Gasteiger charge is -2.26. The van der Waals surface area contributed by atoms with E-state index in [9.17, 15) is 4.79 Å². The summed E-state index contributed by atoms with van der Waals surface area (Å²) in [6.07, 6.45) is 0.295. The summed E-state index contributed by atoms with van der Waals surface area (Å²) in [6.45, 7) is 7.65. The maximum absolute atomic E-state index is 12.5. The molecular formula is C23H27ClN4O2S. The van der Waals surface area contributed by atoms with Crippen molar-refractivity contribution < 1.29 is 9.53 Å². The number of nitrogens with zero attached hydrogens (tertiary/aromatic N) is 2. The topological polar surface area (TPSA) is 71.9 Å². The first-order valence-electron chi connectivity index (χ1n) is 10.2. The van der Waals surface area contributed by atoms with E-state index in [-0.39, 0.29) is 11.3 Å². The van der Waals surface area contributed by atoms with Gasteiger partial charge in [0.05, 0.1) is 6.61 Å². The first kappa shape index (κ1) is 23.0. The molecule has 0 fully saturated rings. The van der Waals surface area contributed by atoms with Crippen LogP contribution >= 0.6 is 23.8 Å². The van der Waals surface area contributed by atoms with Crippen molar-refractivity contribution in [1.29, 1.82) is 0 Å². The molecule has 0 radical (unpaired) electrons. The van der Waals surface area contributed by atoms with Gasteiger partial charge in [0, 0.05) is 35.5 Å². The van der Waals surface area contributed by atoms with Crippen molar-refractivity contribution in [3.05, 3.63) is 63.9 Å². The third-order valence-electron chi connectivity index (χ3n) is 5.08. The SMILES string of the molecule is CCOc1ccc(-c2n[nH]c(=S)n2CCC(=O)NCC(C)(C)c2cccc(Cl)c2)cc1. The normalized spacial score (nSPS) is 11.4. The molecular weight excluding hydrogens is 432 g/mol. The number of benzene rings is 2. The van der Waals surface area contributed by atoms with Crippen molar-refractivity contribution in [3.8, 4) is 17.1 Å². The minimum absolute atomic E-state index is 0.0455. The van der Waals surface area contributed by atoms with Crippen LogP contribution in [0.5, 0.6) is 5.75 Å². The van der Waals surface area contributed by atoms with Gasteiger partial charge in [-0.1, -0.05) is 37.6 Å². The van der Waals surface area contributed by atoms with Gasteiger partial charge in [-0.15, -0.1) is 0 Å². The van der Waals surface area contributed by atoms with Crippen molar-refractivity contribution in [2.24, 2.45) is 0 Å². The zero-order chi connectivity index (χ0) is 22.4. The Morgan fingerprint density at radius 2 is 2.00 bits per heavy atom. The van der Waals surface area contributed by atoms with E-state index in [0.29, 0.717) is 41.7 Å². The average molecular weight is 459 g/mol. The maximum Gasteiger partial charge on any atom is 0.221 e. The molecule has 2 N–H and O–H groups in total. The highest BCUT2D eigenvalue weighted by Gasteiger charge is 2.22. The average Bonchev–Trinajstić information content (AvgIpc) is 3.12. The number of ether oxygens (including phenoxy) is 1. The number of H-pyrrole nitrogens is 1. The summed E-state index contributed by atoms with van der Waals surface area (Å²) in [5.41, 5.74) is 1.74. The molecule has 0 aliphatic heterocycles. The molecule has 1 aromatic heterocycles. The summed E-state index contributed by atoms with van der Waals surface area (Å²) in [7, 11) is 0. The highest BCUT2D eigenvalue weighted by atomic mass is 35.5. The van der Waals surface area contributed by atoms with Crippen LogP contribution < -0.4 is 10.1 Å². The molecule has 164 valence electrons. The summed E-state index contributed by atoms with van der Waals surface area (Å²) in [5.74, 6) is 1.45. The molecule has 0 bridgehead atoms. The molecule has 3 aromatic rings. The minimum Gasteiger partial charge on any atom is -0.494 e. The monoisotopic (exact) mass is 458 g/mol. The van der Waals surface area contributed by atoms with Crippen LogP contribution in [-0.4, -0.2) is 33.8 Å². The number of aromatic nitrogens is 3. The second-order valence-corrected chi connectivity index (χ2v) is 8.71. The quantitative estimate of drug-likeness (QED) is 0.435. The maximum atomic E-state index is 12.5. The van der Waals surface area contributed by atoms with Crippen LogP contribution in [-0.2, 0) is 16.8 Å². The van der Waals surface area contributed by atoms with Gasteiger partial charge in [-0.3, -0.25) is 14.5 Å². The first-order valence-corrected chi connectivity index (χ1v) is 11.0. The van der Waals surface area contributed by atoms with Crippen LogP contribution in [0.25, 0.3) is 11.4 Å². The van der Waals surface area contributed by atoms with Crippen LogP contribution in [0.2, 0.25) is 5.02 Å². The standard InChI is InChI=1S/C23H27ClN4O2S/c1-4-30-19-10-8-16(9-11-19)21-26-27-22(31)28(21)13-12-20(29)25-15-23(2,3)17-6-5-7-18(24)14-17/h5-11,14H,4,12-13,15H2,1-3H3,(H,25,29)(H,27,31). The van der Waals surface area contributed by atoms with Crippen molar-refractivity contribution in [3.63, 3.8) is 0 Å². The van der Waals surface area contributed by atoms with Gasteiger partial charge in [-0.05, 0) is 61.1 Å². The Bertz CT molecular complexity index is 1090. The highest BCUT2D eigenvalue weighted by molar-refractivity contribution is 7.71. The molecule has 0 spiro atoms. The van der Waals surface area contributed by atoms with Gasteiger partial charge in [-0.2, -0.15) is 5.10 Å². The van der Waals surface area contributed by atoms with E-state index in [4.69, 9.17) is 28.6 Å². The largest absolute Gasteiger partial charge is 0.494 e. The molecule has 8 heteroatoms. The van der Waals surface area contributed by atoms with E-state index in [0.717, 1.165) is 16.9 Å². The van der Waals surface area contributed by atoms with E-state index in [1.54, 1.807) is 0 Å². The molecule has 0 aliphatic carbocycles. The highest BCUT2D eigenvalue weighted by Crippen LogP contribution is 2.25. The fourth-order valence-corrected chi connectivity index (χ4v) is 3.66. The fraction of sp³-hybridized carbons (Fsp3) is 0.348. The number of aromatic amines is 1. The van der Waals surface area contributed by atoms with Gasteiger partial charge in [0.25, 0.3) is 0 Å². The Kier molecular flexibility index (Phi) is 7.51.